The molecule has 0 aromatic heterocycles. The van der Waals surface area contributed by atoms with Crippen LogP contribution in [0.1, 0.15) is 0 Å². The second-order valence-electron chi connectivity index (χ2n) is 1.91. The van der Waals surface area contributed by atoms with Crippen LogP contribution in [0.4, 0.5) is 0 Å². The molecule has 0 aliphatic heterocycles. The highest BCUT2D eigenvalue weighted by molar-refractivity contribution is 8.92. The number of rotatable bonds is 2. The van der Waals surface area contributed by atoms with Gasteiger partial charge in [-0.25, -0.2) is 0 Å². The lowest BCUT2D eigenvalue weighted by atomic mass is 29.0. The molecule has 0 saturated heterocycles. The van der Waals surface area contributed by atoms with Crippen LogP contribution in [-0.4, -0.2) is 0 Å². The maximum Gasteiger partial charge on any atom is -0.0358 e. The second kappa shape index (κ2) is 48.0. The van der Waals surface area contributed by atoms with Gasteiger partial charge in [-0.3, -0.25) is 0 Å². The zero-order chi connectivity index (χ0) is 17.7. The highest BCUT2D eigenvalue weighted by atomic mass is 33.0. The summed E-state index contributed by atoms with van der Waals surface area (Å²) in [5.74, 6) is 0. The first-order valence-corrected chi connectivity index (χ1v) is 35.5. The molecule has 0 N–H and O–H groups in total. The maximum absolute atomic E-state index is 2.79. The first-order chi connectivity index (χ1) is 9.06. The van der Waals surface area contributed by atoms with Crippen LogP contribution in [0.15, 0.2) is 0 Å². The molecule has 146 valence electrons. The van der Waals surface area contributed by atoms with Crippen molar-refractivity contribution in [3.8, 4) is 0 Å². The maximum atomic E-state index is 2.79. The molecule has 0 nitrogen and oxygen atoms in total. The molecule has 0 bridgehead atoms. The van der Waals surface area contributed by atoms with Crippen molar-refractivity contribution in [1.29, 1.82) is 0 Å². The van der Waals surface area contributed by atoms with Crippen molar-refractivity contribution in [3.63, 3.8) is 0 Å². The lowest BCUT2D eigenvalue weighted by Gasteiger charge is -2.06. The SMILES string of the molecule is P.PP.PP(P)P.PP(P)P(P)P.PPP.PPP(P)P.[PH2-]. The molecule has 16 unspecified atom stereocenters. The Bertz CT molecular complexity index is 89.9. The molecule has 0 aliphatic carbocycles. The van der Waals surface area contributed by atoms with Crippen LogP contribution in [0.2, 0.25) is 0 Å². The third-order valence-corrected chi connectivity index (χ3v) is 33.7. The van der Waals surface area contributed by atoms with Gasteiger partial charge in [-0.05, 0) is 27.9 Å². The van der Waals surface area contributed by atoms with Gasteiger partial charge in [-0.15, -0.1) is 125 Å². The fraction of sp³-hybridized carbons (Fsp3) is 0. The summed E-state index contributed by atoms with van der Waals surface area (Å²) in [5.41, 5.74) is 0. The lowest BCUT2D eigenvalue weighted by Crippen LogP contribution is -1.14. The second-order valence-corrected chi connectivity index (χ2v) is 51.6. The van der Waals surface area contributed by atoms with Gasteiger partial charge in [-0.1, -0.05) is 15.9 Å². The summed E-state index contributed by atoms with van der Waals surface area (Å²) in [6, 6.07) is 0. The van der Waals surface area contributed by atoms with E-state index < -0.39 is 0 Å². The zero-order valence-electron chi connectivity index (χ0n) is 12.2. The van der Waals surface area contributed by atoms with Crippen molar-refractivity contribution >= 4 is 189 Å². The van der Waals surface area contributed by atoms with Crippen LogP contribution in [0, 0.1) is 0 Å². The Balaban J connectivity index is -0.0000000261. The van der Waals surface area contributed by atoms with E-state index in [0.29, 0.717) is 0 Å². The van der Waals surface area contributed by atoms with E-state index in [9.17, 15) is 0 Å². The van der Waals surface area contributed by atoms with Crippen LogP contribution in [0.3, 0.4) is 0 Å². The molecule has 0 heterocycles. The molecule has 0 amide bonds. The lowest BCUT2D eigenvalue weighted by molar-refractivity contribution is 4.92. The van der Waals surface area contributed by atoms with Crippen molar-refractivity contribution in [3.05, 3.63) is 0 Å². The smallest absolute Gasteiger partial charge is 0.0358 e. The van der Waals surface area contributed by atoms with Crippen molar-refractivity contribution < 1.29 is 0 Å². The summed E-state index contributed by atoms with van der Waals surface area (Å²) in [5, 5.41) is 0. The van der Waals surface area contributed by atoms with Gasteiger partial charge in [0.05, 0.1) is 0 Å². The first kappa shape index (κ1) is 48.8. The minimum atomic E-state index is 0. The molecule has 16 atom stereocenters. The third kappa shape index (κ3) is 99.8. The Morgan fingerprint density at radius 2 is 0.682 bits per heavy atom. The Morgan fingerprint density at radius 1 is 0.591 bits per heavy atom. The van der Waals surface area contributed by atoms with Gasteiger partial charge < -0.3 is 9.90 Å². The van der Waals surface area contributed by atoms with E-state index in [2.05, 4.69) is 125 Å². The summed E-state index contributed by atoms with van der Waals surface area (Å²) in [6.45, 7) is 0.685. The summed E-state index contributed by atoms with van der Waals surface area (Å²) in [4.78, 5) is 0. The van der Waals surface area contributed by atoms with Crippen molar-refractivity contribution in [2.45, 2.75) is 0 Å². The zero-order valence-corrected chi connectivity index (χ0v) is 36.5. The molecule has 0 radical (unpaired) electrons. The van der Waals surface area contributed by atoms with Gasteiger partial charge in [0, 0.05) is 0 Å². The number of hydrogen-bond donors (Lipinski definition) is 0. The van der Waals surface area contributed by atoms with E-state index in [1.165, 1.54) is 0 Å². The molecule has 0 saturated carbocycles. The predicted octanol–water partition coefficient (Wildman–Crippen LogP) is 9.58. The standard InChI is InChI=1S/H8P6.H7P5.H6P4.H5P3.H4P2.H3P.H2P/c1-5(2)6(3)4;1-4-5(2)3;1-4(2)3;1-3-2;1-2;;/h1-4H2;4H,1-3H2;1-3H2;3H,1-2H2;1-2H2;1H3;1H2/q;;;;;;-1. The topological polar surface area (TPSA) is 0 Å². The van der Waals surface area contributed by atoms with Crippen LogP contribution < -0.4 is 0 Å². The highest BCUT2D eigenvalue weighted by Gasteiger charge is 1.94. The monoisotopic (exact) mass is 717 g/mol. The fourth-order valence-corrected chi connectivity index (χ4v) is 0. The van der Waals surface area contributed by atoms with Gasteiger partial charge in [0.1, 0.15) is 0 Å². The van der Waals surface area contributed by atoms with Crippen molar-refractivity contribution in [2.24, 2.45) is 0 Å². The van der Waals surface area contributed by atoms with Gasteiger partial charge in [0.25, 0.3) is 0 Å². The Labute approximate surface area is 187 Å². The normalized spacial score (nSPS) is 8.45. The van der Waals surface area contributed by atoms with Crippen LogP contribution in [-0.2, 0) is 0 Å². The van der Waals surface area contributed by atoms with Crippen molar-refractivity contribution in [2.75, 3.05) is 0 Å². The molecule has 0 aliphatic rings. The number of hydrogen-bond acceptors (Lipinski definition) is 0. The Hall–Kier alpha value is 9.46. The largest absolute Gasteiger partial charge is 0.577 e. The van der Waals surface area contributed by atoms with Crippen LogP contribution >= 0.6 is 189 Å². The molecule has 22 heteroatoms. The molecule has 0 aromatic rings. The average molecular weight is 717 g/mol. The van der Waals surface area contributed by atoms with Gasteiger partial charge in [0.2, 0.25) is 0 Å². The van der Waals surface area contributed by atoms with E-state index in [1.54, 1.807) is 0 Å². The highest BCUT2D eigenvalue weighted by Crippen LogP contribution is 2.86. The van der Waals surface area contributed by atoms with Crippen LogP contribution in [0.5, 0.6) is 0 Å². The quantitative estimate of drug-likeness (QED) is 0.250. The molecular weight excluding hydrogens is 681 g/mol. The minimum Gasteiger partial charge on any atom is -0.577 e. The molecule has 0 spiro atoms. The average Bonchev–Trinajstić information content (AvgIpc) is 2.32. The van der Waals surface area contributed by atoms with Gasteiger partial charge in [-0.2, -0.15) is 9.90 Å². The van der Waals surface area contributed by atoms with Gasteiger partial charge >= 0.3 is 0 Å². The first-order valence-electron chi connectivity index (χ1n) is 3.95. The van der Waals surface area contributed by atoms with E-state index in [-0.39, 0.29) is 47.7 Å². The van der Waals surface area contributed by atoms with E-state index in [4.69, 9.17) is 0 Å². The summed E-state index contributed by atoms with van der Waals surface area (Å²) in [7, 11) is 39.1. The predicted molar refractivity (Wildman–Crippen MR) is 201 cm³/mol. The molecule has 0 aromatic carbocycles. The fourth-order valence-electron chi connectivity index (χ4n) is 0. The third-order valence-electron chi connectivity index (χ3n) is 0.416. The van der Waals surface area contributed by atoms with E-state index >= 15 is 0 Å². The van der Waals surface area contributed by atoms with E-state index in [0.717, 1.165) is 15.9 Å². The summed E-state index contributed by atoms with van der Waals surface area (Å²) < 4.78 is 0. The minimum absolute atomic E-state index is 0. The molecule has 0 fully saturated rings. The molecule has 0 rings (SSSR count). The Morgan fingerprint density at radius 3 is 0.682 bits per heavy atom. The molecular formula is H35P22-. The Kier molecular flexibility index (Phi) is 107. The molecule has 22 heavy (non-hydrogen) atoms. The van der Waals surface area contributed by atoms with Gasteiger partial charge in [0.15, 0.2) is 0 Å². The van der Waals surface area contributed by atoms with Crippen LogP contribution in [0.25, 0.3) is 0 Å². The summed E-state index contributed by atoms with van der Waals surface area (Å²) in [6.07, 6.45) is 0. The van der Waals surface area contributed by atoms with Crippen molar-refractivity contribution in [1.82, 2.24) is 0 Å². The summed E-state index contributed by atoms with van der Waals surface area (Å²) >= 11 is 0. The van der Waals surface area contributed by atoms with E-state index in [1.807, 2.05) is 0 Å².